The Balaban J connectivity index is 0.000000162. The van der Waals surface area contributed by atoms with Crippen molar-refractivity contribution in [3.8, 4) is 0 Å². The van der Waals surface area contributed by atoms with Crippen LogP contribution in [0.3, 0.4) is 0 Å². The molecule has 0 saturated heterocycles. The molecule has 0 bridgehead atoms. The standard InChI is InChI=1S/C28H18BN3.C14H12N2.Ir/c1-30-16-26-29-22-12-6-10-20-18-8-2-3-9-19(18)21-11-7-15-25(28(21)27(20)22)32(29)24-14-5-4-13-23(24)31(26)17-30;1-15-11-16(12-7-3-2-4-8-12)14-10-6-5-9-13(14)15;/h2-12,14-17H,1H3;2-7,9-11H,1H3;/q2*-2;. The van der Waals surface area contributed by atoms with Crippen LogP contribution in [0.2, 0.25) is 0 Å². The van der Waals surface area contributed by atoms with Crippen LogP contribution >= 0.6 is 0 Å². The van der Waals surface area contributed by atoms with E-state index < -0.39 is 0 Å². The molecule has 49 heavy (non-hydrogen) atoms. The molecule has 1 radical (unpaired) electrons. The van der Waals surface area contributed by atoms with E-state index in [0.29, 0.717) is 0 Å². The molecule has 239 valence electrons. The first-order valence-corrected chi connectivity index (χ1v) is 16.3. The van der Waals surface area contributed by atoms with Gasteiger partial charge in [0.25, 0.3) is 0 Å². The van der Waals surface area contributed by atoms with E-state index in [1.165, 1.54) is 66.1 Å². The first-order valence-electron chi connectivity index (χ1n) is 16.3. The van der Waals surface area contributed by atoms with Crippen LogP contribution in [-0.4, -0.2) is 25.8 Å². The molecule has 11 rings (SSSR count). The molecule has 7 heteroatoms. The van der Waals surface area contributed by atoms with E-state index in [-0.39, 0.29) is 27.0 Å². The van der Waals surface area contributed by atoms with Crippen LogP contribution < -0.4 is 25.0 Å². The van der Waals surface area contributed by atoms with Crippen molar-refractivity contribution in [2.75, 3.05) is 33.6 Å². The Hall–Kier alpha value is -5.23. The average Bonchev–Trinajstić information content (AvgIpc) is 3.71. The van der Waals surface area contributed by atoms with Gasteiger partial charge in [0.05, 0.1) is 0 Å². The molecular weight excluding hydrogens is 778 g/mol. The number of para-hydroxylation sites is 4. The third-order valence-electron chi connectivity index (χ3n) is 9.98. The van der Waals surface area contributed by atoms with Gasteiger partial charge in [0.15, 0.2) is 0 Å². The van der Waals surface area contributed by atoms with Gasteiger partial charge in [0, 0.05) is 42.6 Å². The smallest absolute Gasteiger partial charge is 0.333 e. The molecule has 7 aromatic rings. The summed E-state index contributed by atoms with van der Waals surface area (Å²) in [6, 6.07) is 51.9. The van der Waals surface area contributed by atoms with Crippen molar-refractivity contribution in [1.29, 1.82) is 0 Å². The van der Waals surface area contributed by atoms with Crippen LogP contribution in [0.5, 0.6) is 0 Å². The van der Waals surface area contributed by atoms with Crippen LogP contribution in [0.4, 0.5) is 34.1 Å². The second-order valence-electron chi connectivity index (χ2n) is 12.7. The van der Waals surface area contributed by atoms with Gasteiger partial charge in [-0.2, -0.15) is 61.9 Å². The van der Waals surface area contributed by atoms with E-state index in [4.69, 9.17) is 0 Å². The van der Waals surface area contributed by atoms with Crippen LogP contribution in [0.15, 0.2) is 139 Å². The summed E-state index contributed by atoms with van der Waals surface area (Å²) in [5.74, 6) is 0. The molecule has 0 spiro atoms. The maximum absolute atomic E-state index is 3.51. The van der Waals surface area contributed by atoms with Crippen molar-refractivity contribution in [2.24, 2.45) is 0 Å². The van der Waals surface area contributed by atoms with E-state index >= 15 is 0 Å². The number of rotatable bonds is 1. The molecule has 0 amide bonds. The third-order valence-corrected chi connectivity index (χ3v) is 9.98. The zero-order valence-electron chi connectivity index (χ0n) is 27.0. The normalized spacial score (nSPS) is 15.1. The fourth-order valence-electron chi connectivity index (χ4n) is 8.06. The van der Waals surface area contributed by atoms with E-state index in [0.717, 1.165) is 11.4 Å². The second kappa shape index (κ2) is 11.4. The summed E-state index contributed by atoms with van der Waals surface area (Å²) in [6.07, 6.45) is 2.26. The minimum absolute atomic E-state index is 0. The van der Waals surface area contributed by atoms with Crippen molar-refractivity contribution in [3.63, 3.8) is 0 Å². The molecule has 0 aromatic heterocycles. The Labute approximate surface area is 300 Å². The van der Waals surface area contributed by atoms with Gasteiger partial charge in [0.2, 0.25) is 0 Å². The van der Waals surface area contributed by atoms with Crippen molar-refractivity contribution < 1.29 is 20.1 Å². The summed E-state index contributed by atoms with van der Waals surface area (Å²) >= 11 is 0. The SMILES string of the molecule is CN1C=C2B3c4cccc5c6ccccc6c6cccc(c6c45)N3c3ccc[c-]c3N2[CH-]1.CN1[CH-]N(c2[c-]cccc2)c2ccccc21.[Ir]. The van der Waals surface area contributed by atoms with Crippen LogP contribution in [0.25, 0.3) is 32.3 Å². The van der Waals surface area contributed by atoms with Crippen molar-refractivity contribution in [2.45, 2.75) is 0 Å². The third kappa shape index (κ3) is 4.36. The molecule has 0 N–H and O–H groups in total. The van der Waals surface area contributed by atoms with Gasteiger partial charge >= 0.3 is 6.85 Å². The van der Waals surface area contributed by atoms with Gasteiger partial charge in [-0.15, -0.1) is 11.8 Å². The Morgan fingerprint density at radius 3 is 2.00 bits per heavy atom. The number of anilines is 6. The van der Waals surface area contributed by atoms with Crippen molar-refractivity contribution in [1.82, 2.24) is 4.90 Å². The monoisotopic (exact) mass is 808 g/mol. The summed E-state index contributed by atoms with van der Waals surface area (Å²) in [5, 5.41) is 8.05. The van der Waals surface area contributed by atoms with E-state index in [1.54, 1.807) is 0 Å². The minimum atomic E-state index is 0. The molecule has 4 aliphatic rings. The summed E-state index contributed by atoms with van der Waals surface area (Å²) in [6.45, 7) is 4.36. The maximum Gasteiger partial charge on any atom is 0.333 e. The summed E-state index contributed by atoms with van der Waals surface area (Å²) in [4.78, 5) is 11.3. The predicted molar refractivity (Wildman–Crippen MR) is 201 cm³/mol. The average molecular weight is 808 g/mol. The Bertz CT molecular complexity index is 2450. The fraction of sp³-hybridized carbons (Fsp3) is 0.0476. The van der Waals surface area contributed by atoms with Gasteiger partial charge in [0.1, 0.15) is 0 Å². The van der Waals surface area contributed by atoms with Crippen LogP contribution in [-0.2, 0) is 20.1 Å². The minimum Gasteiger partial charge on any atom is -0.511 e. The molecular formula is C42H30BIrN5-4. The van der Waals surface area contributed by atoms with E-state index in [2.05, 4.69) is 173 Å². The number of hydrogen-bond acceptors (Lipinski definition) is 5. The Morgan fingerprint density at radius 1 is 0.551 bits per heavy atom. The van der Waals surface area contributed by atoms with Gasteiger partial charge in [-0.05, 0) is 76.5 Å². The quantitative estimate of drug-likeness (QED) is 0.0935. The molecule has 7 aromatic carbocycles. The first kappa shape index (κ1) is 29.9. The number of nitrogens with zero attached hydrogens (tertiary/aromatic N) is 5. The van der Waals surface area contributed by atoms with E-state index in [1.807, 2.05) is 24.3 Å². The molecule has 0 aliphatic carbocycles. The van der Waals surface area contributed by atoms with Gasteiger partial charge < -0.3 is 24.4 Å². The van der Waals surface area contributed by atoms with Crippen molar-refractivity contribution >= 4 is 78.8 Å². The first-order chi connectivity index (χ1) is 23.7. The summed E-state index contributed by atoms with van der Waals surface area (Å²) in [5.41, 5.74) is 9.71. The zero-order chi connectivity index (χ0) is 31.9. The summed E-state index contributed by atoms with van der Waals surface area (Å²) < 4.78 is 0. The predicted octanol–water partition coefficient (Wildman–Crippen LogP) is 8.75. The zero-order valence-corrected chi connectivity index (χ0v) is 29.4. The molecule has 0 unspecified atom stereocenters. The van der Waals surface area contributed by atoms with Gasteiger partial charge in [-0.3, -0.25) is 0 Å². The molecule has 4 heterocycles. The molecule has 4 aliphatic heterocycles. The van der Waals surface area contributed by atoms with Gasteiger partial charge in [-0.25, -0.2) is 0 Å². The van der Waals surface area contributed by atoms with Crippen molar-refractivity contribution in [3.05, 3.63) is 165 Å². The fourth-order valence-corrected chi connectivity index (χ4v) is 8.06. The topological polar surface area (TPSA) is 16.2 Å². The van der Waals surface area contributed by atoms with Crippen LogP contribution in [0.1, 0.15) is 0 Å². The molecule has 0 fully saturated rings. The Morgan fingerprint density at radius 2 is 1.20 bits per heavy atom. The summed E-state index contributed by atoms with van der Waals surface area (Å²) in [7, 11) is 4.16. The molecule has 0 saturated carbocycles. The Kier molecular flexibility index (Phi) is 6.98. The largest absolute Gasteiger partial charge is 0.511 e. The van der Waals surface area contributed by atoms with Gasteiger partial charge in [-0.1, -0.05) is 78.1 Å². The second-order valence-corrected chi connectivity index (χ2v) is 12.7. The van der Waals surface area contributed by atoms with Crippen LogP contribution in [0, 0.1) is 25.5 Å². The molecule has 0 atom stereocenters. The molecule has 5 nitrogen and oxygen atoms in total. The number of fused-ring (bicyclic) bond motifs is 12. The number of hydrogen-bond donors (Lipinski definition) is 0. The number of benzene rings is 7. The van der Waals surface area contributed by atoms with E-state index in [9.17, 15) is 0 Å². The maximum atomic E-state index is 3.51.